The average Bonchev–Trinajstić information content (AvgIpc) is 2.93. The summed E-state index contributed by atoms with van der Waals surface area (Å²) in [4.78, 5) is 29.0. The van der Waals surface area contributed by atoms with Crippen LogP contribution in [0.15, 0.2) is 83.8 Å². The van der Waals surface area contributed by atoms with E-state index in [4.69, 9.17) is 4.74 Å². The summed E-state index contributed by atoms with van der Waals surface area (Å²) in [5.74, 6) is -0.446. The predicted octanol–water partition coefficient (Wildman–Crippen LogP) is 4.92. The number of benzene rings is 3. The largest absolute Gasteiger partial charge is 0.492 e. The first-order valence-electron chi connectivity index (χ1n) is 13.5. The van der Waals surface area contributed by atoms with Gasteiger partial charge in [0.1, 0.15) is 18.3 Å². The molecule has 1 atom stereocenters. The van der Waals surface area contributed by atoms with E-state index < -0.39 is 28.5 Å². The van der Waals surface area contributed by atoms with Crippen molar-refractivity contribution in [2.45, 2.75) is 64.6 Å². The molecule has 214 valence electrons. The number of aryl methyl sites for hydroxylation is 1. The van der Waals surface area contributed by atoms with E-state index in [1.807, 2.05) is 52.0 Å². The molecule has 0 unspecified atom stereocenters. The van der Waals surface area contributed by atoms with E-state index in [-0.39, 0.29) is 29.1 Å². The summed E-state index contributed by atoms with van der Waals surface area (Å²) >= 11 is 0. The molecular weight excluding hydrogens is 526 g/mol. The number of sulfonamides is 1. The van der Waals surface area contributed by atoms with Crippen molar-refractivity contribution in [1.82, 2.24) is 10.2 Å². The molecule has 0 saturated carbocycles. The number of hydrogen-bond donors (Lipinski definition) is 1. The molecule has 0 saturated heterocycles. The molecule has 2 amide bonds. The van der Waals surface area contributed by atoms with E-state index in [1.54, 1.807) is 49.4 Å². The number of nitrogens with one attached hydrogen (secondary N) is 1. The third-order valence-electron chi connectivity index (χ3n) is 6.46. The van der Waals surface area contributed by atoms with Gasteiger partial charge in [-0.15, -0.1) is 0 Å². The van der Waals surface area contributed by atoms with E-state index in [9.17, 15) is 18.0 Å². The van der Waals surface area contributed by atoms with Gasteiger partial charge in [0.05, 0.1) is 17.2 Å². The second kappa shape index (κ2) is 14.0. The standard InChI is InChI=1S/C31H39N3O5S/c1-6-27(31(36)32-23(3)4)33(21-25-16-12-11-15-24(25)5)30(35)22-34(28-19-13-14-20-29(28)39-7-2)40(37,38)26-17-9-8-10-18-26/h8-20,23,27H,6-7,21-22H2,1-5H3,(H,32,36)/t27-/m0/s1. The van der Waals surface area contributed by atoms with Crippen LogP contribution in [-0.4, -0.2) is 50.4 Å². The van der Waals surface area contributed by atoms with Gasteiger partial charge in [-0.2, -0.15) is 0 Å². The summed E-state index contributed by atoms with van der Waals surface area (Å²) in [5.41, 5.74) is 2.09. The lowest BCUT2D eigenvalue weighted by molar-refractivity contribution is -0.140. The number of amides is 2. The molecule has 3 rings (SSSR count). The van der Waals surface area contributed by atoms with Gasteiger partial charge in [0.2, 0.25) is 11.8 Å². The molecule has 8 nitrogen and oxygen atoms in total. The van der Waals surface area contributed by atoms with Crippen molar-refractivity contribution in [1.29, 1.82) is 0 Å². The molecule has 1 N–H and O–H groups in total. The Bertz CT molecular complexity index is 1390. The first-order chi connectivity index (χ1) is 19.1. The van der Waals surface area contributed by atoms with Gasteiger partial charge in [-0.05, 0) is 69.5 Å². The minimum atomic E-state index is -4.17. The summed E-state index contributed by atoms with van der Waals surface area (Å²) in [7, 11) is -4.17. The molecule has 3 aromatic rings. The van der Waals surface area contributed by atoms with Crippen molar-refractivity contribution in [3.05, 3.63) is 90.0 Å². The molecule has 40 heavy (non-hydrogen) atoms. The van der Waals surface area contributed by atoms with Crippen molar-refractivity contribution in [3.8, 4) is 5.75 Å². The Morgan fingerprint density at radius 1 is 0.900 bits per heavy atom. The van der Waals surface area contributed by atoms with Gasteiger partial charge >= 0.3 is 0 Å². The lowest BCUT2D eigenvalue weighted by Gasteiger charge is -2.34. The average molecular weight is 566 g/mol. The Morgan fingerprint density at radius 2 is 1.52 bits per heavy atom. The summed E-state index contributed by atoms with van der Waals surface area (Å²) in [6, 6.07) is 21.4. The molecular formula is C31H39N3O5S. The van der Waals surface area contributed by atoms with Crippen LogP contribution >= 0.6 is 0 Å². The number of ether oxygens (including phenoxy) is 1. The third kappa shape index (κ3) is 7.41. The van der Waals surface area contributed by atoms with E-state index >= 15 is 0 Å². The van der Waals surface area contributed by atoms with Gasteiger partial charge < -0.3 is 15.0 Å². The molecule has 0 spiro atoms. The van der Waals surface area contributed by atoms with Gasteiger partial charge in [-0.1, -0.05) is 61.5 Å². The number of hydrogen-bond acceptors (Lipinski definition) is 5. The monoisotopic (exact) mass is 565 g/mol. The molecule has 0 fully saturated rings. The lowest BCUT2D eigenvalue weighted by atomic mass is 10.1. The normalized spacial score (nSPS) is 12.1. The lowest BCUT2D eigenvalue weighted by Crippen LogP contribution is -2.53. The van der Waals surface area contributed by atoms with Crippen LogP contribution in [0.25, 0.3) is 0 Å². The topological polar surface area (TPSA) is 96.0 Å². The van der Waals surface area contributed by atoms with E-state index in [1.165, 1.54) is 17.0 Å². The quantitative estimate of drug-likeness (QED) is 0.317. The van der Waals surface area contributed by atoms with Gasteiger partial charge in [-0.3, -0.25) is 13.9 Å². The number of anilines is 1. The summed E-state index contributed by atoms with van der Waals surface area (Å²) in [6.45, 7) is 9.26. The Balaban J connectivity index is 2.11. The van der Waals surface area contributed by atoms with E-state index in [0.29, 0.717) is 18.8 Å². The van der Waals surface area contributed by atoms with Crippen LogP contribution in [0.2, 0.25) is 0 Å². The Labute approximate surface area is 238 Å². The fraction of sp³-hybridized carbons (Fsp3) is 0.355. The van der Waals surface area contributed by atoms with Crippen molar-refractivity contribution in [2.24, 2.45) is 0 Å². The second-order valence-electron chi connectivity index (χ2n) is 9.76. The van der Waals surface area contributed by atoms with E-state index in [0.717, 1.165) is 15.4 Å². The maximum atomic E-state index is 14.2. The Kier molecular flexibility index (Phi) is 10.7. The van der Waals surface area contributed by atoms with Crippen molar-refractivity contribution in [2.75, 3.05) is 17.5 Å². The molecule has 0 heterocycles. The third-order valence-corrected chi connectivity index (χ3v) is 8.24. The number of rotatable bonds is 13. The van der Waals surface area contributed by atoms with Crippen LogP contribution in [0.5, 0.6) is 5.75 Å². The smallest absolute Gasteiger partial charge is 0.264 e. The molecule has 9 heteroatoms. The highest BCUT2D eigenvalue weighted by Crippen LogP contribution is 2.33. The van der Waals surface area contributed by atoms with Gasteiger partial charge in [0.25, 0.3) is 10.0 Å². The highest BCUT2D eigenvalue weighted by molar-refractivity contribution is 7.92. The highest BCUT2D eigenvalue weighted by atomic mass is 32.2. The van der Waals surface area contributed by atoms with Crippen LogP contribution in [-0.2, 0) is 26.2 Å². The highest BCUT2D eigenvalue weighted by Gasteiger charge is 2.35. The number of para-hydroxylation sites is 2. The van der Waals surface area contributed by atoms with Gasteiger partial charge in [-0.25, -0.2) is 8.42 Å². The van der Waals surface area contributed by atoms with Crippen molar-refractivity contribution < 1.29 is 22.7 Å². The first-order valence-corrected chi connectivity index (χ1v) is 15.0. The van der Waals surface area contributed by atoms with Crippen LogP contribution in [0.4, 0.5) is 5.69 Å². The van der Waals surface area contributed by atoms with Crippen LogP contribution in [0.3, 0.4) is 0 Å². The second-order valence-corrected chi connectivity index (χ2v) is 11.6. The predicted molar refractivity (Wildman–Crippen MR) is 158 cm³/mol. The van der Waals surface area contributed by atoms with Gasteiger partial charge in [0.15, 0.2) is 0 Å². The number of carbonyl (C=O) groups is 2. The summed E-state index contributed by atoms with van der Waals surface area (Å²) < 4.78 is 34.8. The fourth-order valence-corrected chi connectivity index (χ4v) is 5.89. The minimum Gasteiger partial charge on any atom is -0.492 e. The maximum Gasteiger partial charge on any atom is 0.264 e. The van der Waals surface area contributed by atoms with E-state index in [2.05, 4.69) is 5.32 Å². The summed E-state index contributed by atoms with van der Waals surface area (Å²) in [5, 5.41) is 2.91. The Morgan fingerprint density at radius 3 is 2.15 bits per heavy atom. The van der Waals surface area contributed by atoms with Crippen LogP contribution in [0, 0.1) is 6.92 Å². The number of carbonyl (C=O) groups excluding carboxylic acids is 2. The Hall–Kier alpha value is -3.85. The maximum absolute atomic E-state index is 14.2. The van der Waals surface area contributed by atoms with Crippen molar-refractivity contribution >= 4 is 27.5 Å². The molecule has 3 aromatic carbocycles. The molecule has 0 aliphatic rings. The molecule has 0 radical (unpaired) electrons. The molecule has 0 aliphatic carbocycles. The molecule has 0 aliphatic heterocycles. The number of nitrogens with zero attached hydrogens (tertiary/aromatic N) is 2. The van der Waals surface area contributed by atoms with Crippen molar-refractivity contribution in [3.63, 3.8) is 0 Å². The molecule has 0 bridgehead atoms. The summed E-state index contributed by atoms with van der Waals surface area (Å²) in [6.07, 6.45) is 0.358. The minimum absolute atomic E-state index is 0.0455. The zero-order chi connectivity index (χ0) is 29.3. The fourth-order valence-electron chi connectivity index (χ4n) is 4.44. The van der Waals surface area contributed by atoms with Gasteiger partial charge in [0, 0.05) is 12.6 Å². The van der Waals surface area contributed by atoms with Crippen LogP contribution in [0.1, 0.15) is 45.2 Å². The zero-order valence-corrected chi connectivity index (χ0v) is 24.6. The first kappa shape index (κ1) is 30.7. The zero-order valence-electron chi connectivity index (χ0n) is 23.8. The SMILES string of the molecule is CCOc1ccccc1N(CC(=O)N(Cc1ccccc1C)[C@@H](CC)C(=O)NC(C)C)S(=O)(=O)c1ccccc1. The van der Waals surface area contributed by atoms with Crippen LogP contribution < -0.4 is 14.4 Å². The molecule has 0 aromatic heterocycles.